The monoisotopic (exact) mass is 344 g/mol. The number of fused-ring (bicyclic) bond motifs is 1. The van der Waals surface area contributed by atoms with Gasteiger partial charge in [-0.25, -0.2) is 4.79 Å². The standard InChI is InChI=1S/C21H28O4/c1-6-7-8-9-10-18-13(2)17-11-12-19(24-16(5)15(4)22)14(3)20(17)25-21(18)23/h11-12,16H,6-10H2,1-5H3. The molecule has 4 nitrogen and oxygen atoms in total. The molecule has 0 bridgehead atoms. The first-order chi connectivity index (χ1) is 11.9. The van der Waals surface area contributed by atoms with Gasteiger partial charge in [-0.3, -0.25) is 4.79 Å². The zero-order valence-corrected chi connectivity index (χ0v) is 15.9. The van der Waals surface area contributed by atoms with Gasteiger partial charge < -0.3 is 9.15 Å². The summed E-state index contributed by atoms with van der Waals surface area (Å²) in [5, 5.41) is 0.936. The topological polar surface area (TPSA) is 56.5 Å². The predicted octanol–water partition coefficient (Wildman–Crippen LogP) is 4.89. The number of ketones is 1. The number of carbonyl (C=O) groups excluding carboxylic acids is 1. The number of aryl methyl sites for hydroxylation is 2. The van der Waals surface area contributed by atoms with E-state index in [-0.39, 0.29) is 11.4 Å². The number of rotatable bonds is 8. The maximum atomic E-state index is 12.5. The van der Waals surface area contributed by atoms with Gasteiger partial charge in [-0.1, -0.05) is 26.2 Å². The SMILES string of the molecule is CCCCCCc1c(C)c2ccc(OC(C)C(C)=O)c(C)c2oc1=O. The van der Waals surface area contributed by atoms with Crippen LogP contribution in [0.1, 0.15) is 63.1 Å². The van der Waals surface area contributed by atoms with Crippen molar-refractivity contribution in [3.8, 4) is 5.75 Å². The quantitative estimate of drug-likeness (QED) is 0.505. The van der Waals surface area contributed by atoms with Crippen molar-refractivity contribution in [2.75, 3.05) is 0 Å². The highest BCUT2D eigenvalue weighted by Crippen LogP contribution is 2.30. The maximum Gasteiger partial charge on any atom is 0.339 e. The fourth-order valence-electron chi connectivity index (χ4n) is 2.99. The molecule has 0 saturated heterocycles. The summed E-state index contributed by atoms with van der Waals surface area (Å²) in [5.41, 5.74) is 2.79. The molecule has 2 aromatic rings. The highest BCUT2D eigenvalue weighted by atomic mass is 16.5. The average Bonchev–Trinajstić information content (AvgIpc) is 2.57. The second-order valence-electron chi connectivity index (χ2n) is 6.74. The fraction of sp³-hybridized carbons (Fsp3) is 0.524. The van der Waals surface area contributed by atoms with Crippen molar-refractivity contribution >= 4 is 16.8 Å². The van der Waals surface area contributed by atoms with E-state index in [0.717, 1.165) is 41.3 Å². The van der Waals surface area contributed by atoms with Crippen molar-refractivity contribution in [3.05, 3.63) is 39.2 Å². The first-order valence-electron chi connectivity index (χ1n) is 9.09. The lowest BCUT2D eigenvalue weighted by molar-refractivity contribution is -0.122. The molecule has 0 aliphatic heterocycles. The lowest BCUT2D eigenvalue weighted by Gasteiger charge is -2.16. The summed E-state index contributed by atoms with van der Waals surface area (Å²) >= 11 is 0. The van der Waals surface area contributed by atoms with Gasteiger partial charge in [0, 0.05) is 16.5 Å². The molecule has 2 rings (SSSR count). The molecule has 0 amide bonds. The van der Waals surface area contributed by atoms with Crippen molar-refractivity contribution < 1.29 is 13.9 Å². The molecule has 0 aliphatic rings. The molecular formula is C21H28O4. The van der Waals surface area contributed by atoms with E-state index >= 15 is 0 Å². The Balaban J connectivity index is 2.39. The highest BCUT2D eigenvalue weighted by molar-refractivity contribution is 5.86. The lowest BCUT2D eigenvalue weighted by Crippen LogP contribution is -2.21. The summed E-state index contributed by atoms with van der Waals surface area (Å²) in [6.07, 6.45) is 4.71. The Morgan fingerprint density at radius 1 is 1.16 bits per heavy atom. The van der Waals surface area contributed by atoms with Gasteiger partial charge in [-0.15, -0.1) is 0 Å². The number of hydrogen-bond acceptors (Lipinski definition) is 4. The summed E-state index contributed by atoms with van der Waals surface area (Å²) in [6, 6.07) is 3.77. The van der Waals surface area contributed by atoms with E-state index in [1.54, 1.807) is 6.92 Å². The number of Topliss-reactive ketones (excluding diaryl/α,β-unsaturated/α-hetero) is 1. The Hall–Kier alpha value is -2.10. The molecule has 1 unspecified atom stereocenters. The minimum absolute atomic E-state index is 0.0421. The second-order valence-corrected chi connectivity index (χ2v) is 6.74. The first-order valence-corrected chi connectivity index (χ1v) is 9.09. The molecule has 25 heavy (non-hydrogen) atoms. The van der Waals surface area contributed by atoms with Crippen LogP contribution in [0, 0.1) is 13.8 Å². The summed E-state index contributed by atoms with van der Waals surface area (Å²) < 4.78 is 11.3. The molecule has 1 aromatic heterocycles. The van der Waals surface area contributed by atoms with Gasteiger partial charge in [0.1, 0.15) is 11.3 Å². The van der Waals surface area contributed by atoms with Gasteiger partial charge in [0.2, 0.25) is 0 Å². The maximum absolute atomic E-state index is 12.5. The van der Waals surface area contributed by atoms with Crippen LogP contribution in [0.15, 0.2) is 21.3 Å². The Labute approximate surface area is 149 Å². The Morgan fingerprint density at radius 3 is 2.52 bits per heavy atom. The van der Waals surface area contributed by atoms with Crippen LogP contribution in [0.25, 0.3) is 11.0 Å². The molecule has 0 fully saturated rings. The normalized spacial score (nSPS) is 12.4. The van der Waals surface area contributed by atoms with Crippen LogP contribution >= 0.6 is 0 Å². The fourth-order valence-corrected chi connectivity index (χ4v) is 2.99. The molecule has 1 heterocycles. The summed E-state index contributed by atoms with van der Waals surface area (Å²) in [5.74, 6) is 0.535. The van der Waals surface area contributed by atoms with Crippen LogP contribution in [0.2, 0.25) is 0 Å². The first kappa shape index (κ1) is 19.2. The summed E-state index contributed by atoms with van der Waals surface area (Å²) in [4.78, 5) is 23.9. The van der Waals surface area contributed by atoms with Crippen molar-refractivity contribution in [1.29, 1.82) is 0 Å². The molecule has 1 atom stereocenters. The van der Waals surface area contributed by atoms with E-state index in [1.165, 1.54) is 19.8 Å². The van der Waals surface area contributed by atoms with E-state index in [2.05, 4.69) is 6.92 Å². The van der Waals surface area contributed by atoms with Gasteiger partial charge in [-0.05, 0) is 58.2 Å². The van der Waals surface area contributed by atoms with Crippen LogP contribution in [-0.2, 0) is 11.2 Å². The van der Waals surface area contributed by atoms with Gasteiger partial charge in [0.25, 0.3) is 0 Å². The van der Waals surface area contributed by atoms with Crippen LogP contribution < -0.4 is 10.4 Å². The molecule has 1 aromatic carbocycles. The zero-order chi connectivity index (χ0) is 18.6. The second kappa shape index (κ2) is 8.32. The van der Waals surface area contributed by atoms with E-state index in [0.29, 0.717) is 11.3 Å². The predicted molar refractivity (Wildman–Crippen MR) is 101 cm³/mol. The lowest BCUT2D eigenvalue weighted by atomic mass is 9.99. The number of benzene rings is 1. The zero-order valence-electron chi connectivity index (χ0n) is 15.9. The van der Waals surface area contributed by atoms with E-state index in [4.69, 9.17) is 9.15 Å². The smallest absolute Gasteiger partial charge is 0.339 e. The minimum Gasteiger partial charge on any atom is -0.483 e. The Bertz CT molecular complexity index is 817. The molecule has 0 aliphatic carbocycles. The van der Waals surface area contributed by atoms with Crippen LogP contribution in [0.4, 0.5) is 0 Å². The van der Waals surface area contributed by atoms with Crippen molar-refractivity contribution in [3.63, 3.8) is 0 Å². The van der Waals surface area contributed by atoms with Gasteiger partial charge in [0.15, 0.2) is 11.9 Å². The molecule has 0 spiro atoms. The summed E-state index contributed by atoms with van der Waals surface area (Å²) in [7, 11) is 0. The molecule has 0 saturated carbocycles. The highest BCUT2D eigenvalue weighted by Gasteiger charge is 2.17. The largest absolute Gasteiger partial charge is 0.483 e. The third-order valence-electron chi connectivity index (χ3n) is 4.81. The van der Waals surface area contributed by atoms with Gasteiger partial charge in [-0.2, -0.15) is 0 Å². The average molecular weight is 344 g/mol. The van der Waals surface area contributed by atoms with Crippen LogP contribution in [0.5, 0.6) is 5.75 Å². The number of carbonyl (C=O) groups is 1. The molecule has 4 heteroatoms. The molecule has 0 radical (unpaired) electrons. The molecular weight excluding hydrogens is 316 g/mol. The van der Waals surface area contributed by atoms with Crippen LogP contribution in [-0.4, -0.2) is 11.9 Å². The Morgan fingerprint density at radius 2 is 1.88 bits per heavy atom. The van der Waals surface area contributed by atoms with E-state index in [1.807, 2.05) is 26.0 Å². The van der Waals surface area contributed by atoms with E-state index < -0.39 is 6.10 Å². The van der Waals surface area contributed by atoms with Crippen molar-refractivity contribution in [1.82, 2.24) is 0 Å². The summed E-state index contributed by atoms with van der Waals surface area (Å²) in [6.45, 7) is 9.22. The molecule has 136 valence electrons. The van der Waals surface area contributed by atoms with E-state index in [9.17, 15) is 9.59 Å². The number of ether oxygens (including phenoxy) is 1. The van der Waals surface area contributed by atoms with Gasteiger partial charge >= 0.3 is 5.63 Å². The number of hydrogen-bond donors (Lipinski definition) is 0. The van der Waals surface area contributed by atoms with Crippen molar-refractivity contribution in [2.45, 2.75) is 72.8 Å². The third-order valence-corrected chi connectivity index (χ3v) is 4.81. The number of unbranched alkanes of at least 4 members (excludes halogenated alkanes) is 3. The Kier molecular flexibility index (Phi) is 6.40. The van der Waals surface area contributed by atoms with Crippen LogP contribution in [0.3, 0.4) is 0 Å². The van der Waals surface area contributed by atoms with Crippen molar-refractivity contribution in [2.24, 2.45) is 0 Å². The molecule has 0 N–H and O–H groups in total. The minimum atomic E-state index is -0.526. The van der Waals surface area contributed by atoms with Gasteiger partial charge in [0.05, 0.1) is 0 Å². The third kappa shape index (κ3) is 4.30.